The van der Waals surface area contributed by atoms with Crippen LogP contribution in [0.1, 0.15) is 23.7 Å². The zero-order chi connectivity index (χ0) is 17.2. The molecule has 1 aromatic carbocycles. The standard InChI is InChI=1S/C14H18N2O6S/c1-3-13(17)15-6-7-16(9-15)23(20,21)10-4-5-12(22-2)11(8-10)14(18)19/h4-5,8H,3,6-7,9H2,1-2H3,(H,18,19). The molecule has 1 aromatic rings. The number of rotatable bonds is 5. The summed E-state index contributed by atoms with van der Waals surface area (Å²) in [5.74, 6) is -1.31. The predicted molar refractivity (Wildman–Crippen MR) is 80.7 cm³/mol. The quantitative estimate of drug-likeness (QED) is 0.840. The van der Waals surface area contributed by atoms with Gasteiger partial charge in [0.25, 0.3) is 0 Å². The van der Waals surface area contributed by atoms with Crippen molar-refractivity contribution in [2.45, 2.75) is 18.2 Å². The summed E-state index contributed by atoms with van der Waals surface area (Å²) >= 11 is 0. The number of benzene rings is 1. The summed E-state index contributed by atoms with van der Waals surface area (Å²) in [5, 5.41) is 9.16. The fraction of sp³-hybridized carbons (Fsp3) is 0.429. The number of hydrogen-bond donors (Lipinski definition) is 1. The smallest absolute Gasteiger partial charge is 0.339 e. The van der Waals surface area contributed by atoms with Gasteiger partial charge >= 0.3 is 5.97 Å². The molecule has 0 aliphatic carbocycles. The molecule has 0 bridgehead atoms. The first kappa shape index (κ1) is 17.2. The molecular weight excluding hydrogens is 324 g/mol. The van der Waals surface area contributed by atoms with Crippen LogP contribution in [0.25, 0.3) is 0 Å². The van der Waals surface area contributed by atoms with Crippen molar-refractivity contribution in [3.8, 4) is 5.75 Å². The minimum Gasteiger partial charge on any atom is -0.496 e. The Morgan fingerprint density at radius 1 is 1.30 bits per heavy atom. The Bertz CT molecular complexity index is 731. The van der Waals surface area contributed by atoms with Gasteiger partial charge in [0.1, 0.15) is 11.3 Å². The van der Waals surface area contributed by atoms with Crippen molar-refractivity contribution in [3.63, 3.8) is 0 Å². The number of sulfonamides is 1. The van der Waals surface area contributed by atoms with E-state index in [1.54, 1.807) is 6.92 Å². The zero-order valence-electron chi connectivity index (χ0n) is 12.9. The van der Waals surface area contributed by atoms with Gasteiger partial charge in [-0.15, -0.1) is 0 Å². The van der Waals surface area contributed by atoms with E-state index in [4.69, 9.17) is 9.84 Å². The highest BCUT2D eigenvalue weighted by Gasteiger charge is 2.33. The second-order valence-corrected chi connectivity index (χ2v) is 6.94. The van der Waals surface area contributed by atoms with E-state index in [0.29, 0.717) is 13.0 Å². The summed E-state index contributed by atoms with van der Waals surface area (Å²) in [6.45, 7) is 2.20. The molecule has 0 radical (unpaired) electrons. The number of hydrogen-bond acceptors (Lipinski definition) is 5. The van der Waals surface area contributed by atoms with E-state index < -0.39 is 16.0 Å². The highest BCUT2D eigenvalue weighted by Crippen LogP contribution is 2.26. The van der Waals surface area contributed by atoms with Gasteiger partial charge in [-0.3, -0.25) is 4.79 Å². The molecule has 9 heteroatoms. The van der Waals surface area contributed by atoms with E-state index in [1.807, 2.05) is 0 Å². The van der Waals surface area contributed by atoms with E-state index in [2.05, 4.69) is 0 Å². The summed E-state index contributed by atoms with van der Waals surface area (Å²) in [7, 11) is -2.56. The number of ether oxygens (including phenoxy) is 1. The van der Waals surface area contributed by atoms with Crippen molar-refractivity contribution in [2.24, 2.45) is 0 Å². The van der Waals surface area contributed by atoms with Gasteiger partial charge in [-0.1, -0.05) is 6.92 Å². The Balaban J connectivity index is 2.32. The maximum atomic E-state index is 12.6. The Labute approximate surface area is 134 Å². The molecule has 1 aliphatic rings. The zero-order valence-corrected chi connectivity index (χ0v) is 13.7. The van der Waals surface area contributed by atoms with Crippen LogP contribution in [0.15, 0.2) is 23.1 Å². The third-order valence-electron chi connectivity index (χ3n) is 3.64. The Hall–Kier alpha value is -2.13. The third-order valence-corrected chi connectivity index (χ3v) is 5.47. The number of carboxylic acids is 1. The second-order valence-electron chi connectivity index (χ2n) is 5.00. The monoisotopic (exact) mass is 342 g/mol. The molecule has 1 saturated heterocycles. The number of aromatic carboxylic acids is 1. The largest absolute Gasteiger partial charge is 0.496 e. The molecule has 8 nitrogen and oxygen atoms in total. The lowest BCUT2D eigenvalue weighted by Crippen LogP contribution is -2.33. The van der Waals surface area contributed by atoms with E-state index in [9.17, 15) is 18.0 Å². The maximum absolute atomic E-state index is 12.6. The normalized spacial score (nSPS) is 15.7. The molecule has 126 valence electrons. The molecule has 1 heterocycles. The summed E-state index contributed by atoms with van der Waals surface area (Å²) in [6, 6.07) is 3.67. The van der Waals surface area contributed by atoms with Crippen LogP contribution < -0.4 is 4.74 Å². The predicted octanol–water partition coefficient (Wildman–Crippen LogP) is 0.594. The van der Waals surface area contributed by atoms with Crippen LogP contribution in [0.3, 0.4) is 0 Å². The molecule has 2 rings (SSSR count). The van der Waals surface area contributed by atoms with Crippen LogP contribution in [0.5, 0.6) is 5.75 Å². The number of nitrogens with zero attached hydrogens (tertiary/aromatic N) is 2. The molecule has 1 fully saturated rings. The van der Waals surface area contributed by atoms with E-state index in [1.165, 1.54) is 24.1 Å². The average molecular weight is 342 g/mol. The van der Waals surface area contributed by atoms with Gasteiger partial charge in [0.05, 0.1) is 18.7 Å². The number of amides is 1. The van der Waals surface area contributed by atoms with Gasteiger partial charge in [0.2, 0.25) is 15.9 Å². The van der Waals surface area contributed by atoms with E-state index >= 15 is 0 Å². The number of carbonyl (C=O) groups excluding carboxylic acids is 1. The second kappa shape index (κ2) is 6.55. The van der Waals surface area contributed by atoms with Gasteiger partial charge in [0, 0.05) is 19.5 Å². The van der Waals surface area contributed by atoms with Crippen molar-refractivity contribution in [3.05, 3.63) is 23.8 Å². The average Bonchev–Trinajstić information content (AvgIpc) is 3.04. The van der Waals surface area contributed by atoms with Crippen LogP contribution in [0.4, 0.5) is 0 Å². The Morgan fingerprint density at radius 2 is 2.00 bits per heavy atom. The molecule has 23 heavy (non-hydrogen) atoms. The van der Waals surface area contributed by atoms with Gasteiger partial charge in [-0.25, -0.2) is 13.2 Å². The highest BCUT2D eigenvalue weighted by molar-refractivity contribution is 7.89. The van der Waals surface area contributed by atoms with Gasteiger partial charge in [0.15, 0.2) is 0 Å². The molecule has 0 aromatic heterocycles. The Kier molecular flexibility index (Phi) is 4.90. The van der Waals surface area contributed by atoms with Crippen LogP contribution in [0.2, 0.25) is 0 Å². The summed E-state index contributed by atoms with van der Waals surface area (Å²) in [6.07, 6.45) is 0.305. The van der Waals surface area contributed by atoms with Crippen molar-refractivity contribution in [2.75, 3.05) is 26.9 Å². The molecule has 0 unspecified atom stereocenters. The number of carbonyl (C=O) groups is 2. The van der Waals surface area contributed by atoms with Crippen LogP contribution in [-0.4, -0.2) is 61.5 Å². The summed E-state index contributed by atoms with van der Waals surface area (Å²) in [4.78, 5) is 24.2. The first-order valence-corrected chi connectivity index (χ1v) is 8.44. The van der Waals surface area contributed by atoms with E-state index in [0.717, 1.165) is 10.4 Å². The lowest BCUT2D eigenvalue weighted by molar-refractivity contribution is -0.130. The molecule has 1 amide bonds. The van der Waals surface area contributed by atoms with Crippen molar-refractivity contribution >= 4 is 21.9 Å². The van der Waals surface area contributed by atoms with Crippen molar-refractivity contribution in [1.29, 1.82) is 0 Å². The summed E-state index contributed by atoms with van der Waals surface area (Å²) in [5.41, 5.74) is -0.228. The van der Waals surface area contributed by atoms with Gasteiger partial charge in [-0.2, -0.15) is 4.31 Å². The van der Waals surface area contributed by atoms with E-state index in [-0.39, 0.29) is 35.3 Å². The molecule has 1 N–H and O–H groups in total. The minimum atomic E-state index is -3.87. The summed E-state index contributed by atoms with van der Waals surface area (Å²) < 4.78 is 31.3. The van der Waals surface area contributed by atoms with Gasteiger partial charge < -0.3 is 14.7 Å². The highest BCUT2D eigenvalue weighted by atomic mass is 32.2. The minimum absolute atomic E-state index is 0.0244. The first-order valence-electron chi connectivity index (χ1n) is 7.00. The maximum Gasteiger partial charge on any atom is 0.339 e. The third kappa shape index (κ3) is 3.30. The Morgan fingerprint density at radius 3 is 2.57 bits per heavy atom. The molecular formula is C14H18N2O6S. The van der Waals surface area contributed by atoms with Crippen molar-refractivity contribution in [1.82, 2.24) is 9.21 Å². The number of methoxy groups -OCH3 is 1. The topological polar surface area (TPSA) is 104 Å². The lowest BCUT2D eigenvalue weighted by Gasteiger charge is -2.18. The van der Waals surface area contributed by atoms with Gasteiger partial charge in [-0.05, 0) is 18.2 Å². The lowest BCUT2D eigenvalue weighted by atomic mass is 10.2. The van der Waals surface area contributed by atoms with Crippen LogP contribution >= 0.6 is 0 Å². The molecule has 0 atom stereocenters. The van der Waals surface area contributed by atoms with Crippen molar-refractivity contribution < 1.29 is 27.9 Å². The molecule has 1 aliphatic heterocycles. The fourth-order valence-electron chi connectivity index (χ4n) is 2.35. The molecule has 0 saturated carbocycles. The first-order chi connectivity index (χ1) is 10.8. The van der Waals surface area contributed by atoms with Crippen LogP contribution in [0, 0.1) is 0 Å². The molecule has 0 spiro atoms. The number of carboxylic acid groups (broad SMARTS) is 1. The van der Waals surface area contributed by atoms with Crippen LogP contribution in [-0.2, 0) is 14.8 Å². The fourth-order valence-corrected chi connectivity index (χ4v) is 3.77. The SMILES string of the molecule is CCC(=O)N1CCN(S(=O)(=O)c2ccc(OC)c(C(=O)O)c2)C1.